The highest BCUT2D eigenvalue weighted by Crippen LogP contribution is 2.62. The number of aliphatic carboxylic acids is 1. The minimum absolute atomic E-state index is 0.115. The monoisotopic (exact) mass is 531 g/mol. The topological polar surface area (TPSA) is 107 Å². The first-order valence-corrected chi connectivity index (χ1v) is 10.7. The second kappa shape index (κ2) is 9.57. The van der Waals surface area contributed by atoms with Gasteiger partial charge in [-0.05, 0) is 49.8 Å². The Morgan fingerprint density at radius 3 is 2.28 bits per heavy atom. The van der Waals surface area contributed by atoms with Gasteiger partial charge in [-0.3, -0.25) is 0 Å². The van der Waals surface area contributed by atoms with Crippen LogP contribution in [0.15, 0.2) is 17.1 Å². The highest BCUT2D eigenvalue weighted by atomic mass is 19.4. The minimum atomic E-state index is -5.08. The SMILES string of the molecule is COC1CCC2(CC1)Cc1cc(F)c(OCC(F)(F)F)cc1C21N=C(N)N(C)O1.O=C(O)C(F)(F)F. The number of nitrogens with zero attached hydrogens (tertiary/aromatic N) is 2. The number of hydroxylamine groups is 2. The molecule has 1 aromatic carbocycles. The lowest BCUT2D eigenvalue weighted by Crippen LogP contribution is -2.46. The van der Waals surface area contributed by atoms with E-state index in [0.29, 0.717) is 30.4 Å². The summed E-state index contributed by atoms with van der Waals surface area (Å²) in [7, 11) is 3.28. The van der Waals surface area contributed by atoms with Crippen molar-refractivity contribution in [2.45, 2.75) is 56.3 Å². The number of methoxy groups -OCH3 is 1. The van der Waals surface area contributed by atoms with Gasteiger partial charge in [0.05, 0.1) is 6.10 Å². The van der Waals surface area contributed by atoms with Gasteiger partial charge in [0.1, 0.15) is 0 Å². The van der Waals surface area contributed by atoms with Crippen molar-refractivity contribution in [2.75, 3.05) is 20.8 Å². The molecule has 0 bridgehead atoms. The van der Waals surface area contributed by atoms with Gasteiger partial charge in [0.15, 0.2) is 18.2 Å². The summed E-state index contributed by atoms with van der Waals surface area (Å²) in [6, 6.07) is 2.51. The number of nitrogens with two attached hydrogens (primary N) is 1. The maximum atomic E-state index is 14.5. The molecule has 1 unspecified atom stereocenters. The lowest BCUT2D eigenvalue weighted by molar-refractivity contribution is -0.232. The molecule has 0 amide bonds. The van der Waals surface area contributed by atoms with Crippen LogP contribution in [0.2, 0.25) is 0 Å². The van der Waals surface area contributed by atoms with E-state index in [1.54, 1.807) is 14.2 Å². The van der Waals surface area contributed by atoms with Crippen molar-refractivity contribution in [3.05, 3.63) is 29.1 Å². The van der Waals surface area contributed by atoms with E-state index in [-0.39, 0.29) is 12.1 Å². The zero-order valence-corrected chi connectivity index (χ0v) is 19.2. The average molecular weight is 531 g/mol. The number of ether oxygens (including phenoxy) is 2. The highest BCUT2D eigenvalue weighted by Gasteiger charge is 2.63. The molecule has 2 aliphatic carbocycles. The summed E-state index contributed by atoms with van der Waals surface area (Å²) in [6.45, 7) is -1.58. The van der Waals surface area contributed by atoms with Crippen molar-refractivity contribution in [1.29, 1.82) is 0 Å². The maximum Gasteiger partial charge on any atom is 0.490 e. The highest BCUT2D eigenvalue weighted by molar-refractivity contribution is 5.79. The third-order valence-corrected chi connectivity index (χ3v) is 6.49. The standard InChI is InChI=1S/C19H23F4N3O3.C2HF3O2/c1-26-16(24)25-19(29-26)13-8-15(28-10-18(21,22)23)14(20)7-11(13)9-17(19)5-3-12(27-2)4-6-17;3-2(4,5)1(6)7/h7-8,12H,3-6,9-10H2,1-2H3,(H2,24,25);(H,6,7). The largest absolute Gasteiger partial charge is 0.490 e. The molecule has 1 fully saturated rings. The predicted octanol–water partition coefficient (Wildman–Crippen LogP) is 3.88. The molecule has 1 aliphatic heterocycles. The van der Waals surface area contributed by atoms with Gasteiger partial charge in [-0.2, -0.15) is 26.3 Å². The summed E-state index contributed by atoms with van der Waals surface area (Å²) in [5, 5.41) is 8.47. The van der Waals surface area contributed by atoms with Gasteiger partial charge < -0.3 is 20.3 Å². The van der Waals surface area contributed by atoms with E-state index in [4.69, 9.17) is 29.9 Å². The number of halogens is 7. The van der Waals surface area contributed by atoms with Crippen molar-refractivity contribution in [1.82, 2.24) is 5.06 Å². The zero-order chi connectivity index (χ0) is 27.1. The Hall–Kier alpha value is -2.81. The Morgan fingerprint density at radius 2 is 1.83 bits per heavy atom. The molecule has 0 saturated heterocycles. The van der Waals surface area contributed by atoms with E-state index in [9.17, 15) is 30.7 Å². The van der Waals surface area contributed by atoms with Crippen molar-refractivity contribution < 1.29 is 54.9 Å². The van der Waals surface area contributed by atoms with E-state index < -0.39 is 47.6 Å². The van der Waals surface area contributed by atoms with Crippen LogP contribution >= 0.6 is 0 Å². The summed E-state index contributed by atoms with van der Waals surface area (Å²) in [5.74, 6) is -3.91. The molecule has 1 atom stereocenters. The van der Waals surface area contributed by atoms with Crippen molar-refractivity contribution in [3.63, 3.8) is 0 Å². The fraction of sp³-hybridized carbons (Fsp3) is 0.619. The molecule has 1 aromatic rings. The smallest absolute Gasteiger partial charge is 0.481 e. The van der Waals surface area contributed by atoms with Gasteiger partial charge in [0.2, 0.25) is 11.7 Å². The van der Waals surface area contributed by atoms with Crippen LogP contribution in [0.5, 0.6) is 5.75 Å². The third kappa shape index (κ3) is 5.31. The van der Waals surface area contributed by atoms with Crippen LogP contribution in [-0.2, 0) is 26.5 Å². The molecular weight excluding hydrogens is 507 g/mol. The van der Waals surface area contributed by atoms with E-state index >= 15 is 0 Å². The number of hydrogen-bond acceptors (Lipinski definition) is 7. The molecule has 0 radical (unpaired) electrons. The van der Waals surface area contributed by atoms with Crippen LogP contribution in [-0.4, -0.2) is 61.3 Å². The summed E-state index contributed by atoms with van der Waals surface area (Å²) in [6.07, 6.45) is -6.11. The second-order valence-electron chi connectivity index (χ2n) is 8.74. The number of carboxylic acids is 1. The molecule has 36 heavy (non-hydrogen) atoms. The number of hydrogen-bond donors (Lipinski definition) is 2. The number of carbonyl (C=O) groups is 1. The van der Waals surface area contributed by atoms with Gasteiger partial charge in [0.25, 0.3) is 0 Å². The van der Waals surface area contributed by atoms with Crippen molar-refractivity contribution >= 4 is 11.9 Å². The van der Waals surface area contributed by atoms with Crippen LogP contribution in [0.4, 0.5) is 30.7 Å². The Morgan fingerprint density at radius 1 is 1.25 bits per heavy atom. The summed E-state index contributed by atoms with van der Waals surface area (Å²) in [5.41, 5.74) is 5.42. The van der Waals surface area contributed by atoms with Crippen LogP contribution in [0.1, 0.15) is 36.8 Å². The lowest BCUT2D eigenvalue weighted by atomic mass is 9.66. The molecule has 15 heteroatoms. The van der Waals surface area contributed by atoms with Gasteiger partial charge in [-0.15, -0.1) is 0 Å². The van der Waals surface area contributed by atoms with Gasteiger partial charge in [-0.1, -0.05) is 0 Å². The number of fused-ring (bicyclic) bond motifs is 3. The Kier molecular flexibility index (Phi) is 7.39. The van der Waals surface area contributed by atoms with E-state index in [1.807, 2.05) is 0 Å². The maximum absolute atomic E-state index is 14.5. The Bertz CT molecular complexity index is 1020. The number of rotatable bonds is 3. The first kappa shape index (κ1) is 27.8. The quantitative estimate of drug-likeness (QED) is 0.571. The molecule has 0 aromatic heterocycles. The predicted molar refractivity (Wildman–Crippen MR) is 109 cm³/mol. The molecule has 1 saturated carbocycles. The summed E-state index contributed by atoms with van der Waals surface area (Å²) >= 11 is 0. The third-order valence-electron chi connectivity index (χ3n) is 6.49. The average Bonchev–Trinajstić information content (AvgIpc) is 3.19. The fourth-order valence-electron chi connectivity index (χ4n) is 4.81. The molecule has 202 valence electrons. The zero-order valence-electron chi connectivity index (χ0n) is 19.2. The molecule has 2 spiro atoms. The molecule has 3 N–H and O–H groups in total. The normalized spacial score (nSPS) is 27.5. The van der Waals surface area contributed by atoms with Crippen LogP contribution in [0.25, 0.3) is 0 Å². The van der Waals surface area contributed by atoms with Gasteiger partial charge in [0, 0.05) is 25.1 Å². The minimum Gasteiger partial charge on any atom is -0.481 e. The molecule has 3 aliphatic rings. The molecule has 4 rings (SSSR count). The van der Waals surface area contributed by atoms with Crippen molar-refractivity contribution in [2.24, 2.45) is 16.1 Å². The molecule has 8 nitrogen and oxygen atoms in total. The molecule has 1 heterocycles. The summed E-state index contributed by atoms with van der Waals surface area (Å²) in [4.78, 5) is 19.6. The van der Waals surface area contributed by atoms with Gasteiger partial charge >= 0.3 is 18.3 Å². The number of aliphatic imine (C=N–C) groups is 1. The first-order chi connectivity index (χ1) is 16.5. The number of guanidine groups is 1. The second-order valence-corrected chi connectivity index (χ2v) is 8.74. The van der Waals surface area contributed by atoms with E-state index in [1.165, 1.54) is 17.2 Å². The van der Waals surface area contributed by atoms with Crippen molar-refractivity contribution in [3.8, 4) is 5.75 Å². The molecular formula is C21H24F7N3O5. The number of alkyl halides is 6. The number of benzene rings is 1. The van der Waals surface area contributed by atoms with Gasteiger partial charge in [-0.25, -0.2) is 24.1 Å². The number of carboxylic acid groups (broad SMARTS) is 1. The van der Waals surface area contributed by atoms with E-state index in [0.717, 1.165) is 12.8 Å². The Labute approximate surface area is 200 Å². The first-order valence-electron chi connectivity index (χ1n) is 10.7. The summed E-state index contributed by atoms with van der Waals surface area (Å²) < 4.78 is 94.1. The van der Waals surface area contributed by atoms with Crippen LogP contribution in [0.3, 0.4) is 0 Å². The Balaban J connectivity index is 0.000000454. The fourth-order valence-corrected chi connectivity index (χ4v) is 4.81. The van der Waals surface area contributed by atoms with Crippen LogP contribution in [0, 0.1) is 11.2 Å². The van der Waals surface area contributed by atoms with Crippen LogP contribution < -0.4 is 10.5 Å². The lowest BCUT2D eigenvalue weighted by Gasteiger charge is -2.45. The van der Waals surface area contributed by atoms with E-state index in [2.05, 4.69) is 4.99 Å².